The summed E-state index contributed by atoms with van der Waals surface area (Å²) in [5.74, 6) is 2.54. The molecule has 3 rings (SSSR count). The first-order valence-electron chi connectivity index (χ1n) is 7.41. The number of pyridine rings is 1. The van der Waals surface area contributed by atoms with Gasteiger partial charge in [-0.05, 0) is 50.5 Å². The van der Waals surface area contributed by atoms with Crippen molar-refractivity contribution >= 4 is 5.65 Å². The number of ether oxygens (including phenoxy) is 1. The van der Waals surface area contributed by atoms with E-state index in [1.807, 2.05) is 22.6 Å². The SMILES string of the molecule is CCN1CCC(Cc2nnc3cccc(OC)n23)CC1. The van der Waals surface area contributed by atoms with Crippen LogP contribution in [0.3, 0.4) is 0 Å². The van der Waals surface area contributed by atoms with Crippen LogP contribution in [0.4, 0.5) is 0 Å². The van der Waals surface area contributed by atoms with Crippen molar-refractivity contribution in [3.8, 4) is 5.88 Å². The first-order chi connectivity index (χ1) is 9.81. The van der Waals surface area contributed by atoms with Gasteiger partial charge in [-0.15, -0.1) is 10.2 Å². The zero-order valence-corrected chi connectivity index (χ0v) is 12.2. The average molecular weight is 274 g/mol. The van der Waals surface area contributed by atoms with Gasteiger partial charge in [0.05, 0.1) is 7.11 Å². The number of hydrogen-bond donors (Lipinski definition) is 0. The number of fused-ring (bicyclic) bond motifs is 1. The smallest absolute Gasteiger partial charge is 0.200 e. The van der Waals surface area contributed by atoms with E-state index in [-0.39, 0.29) is 0 Å². The zero-order chi connectivity index (χ0) is 13.9. The van der Waals surface area contributed by atoms with E-state index in [0.29, 0.717) is 5.92 Å². The lowest BCUT2D eigenvalue weighted by atomic mass is 9.93. The van der Waals surface area contributed by atoms with Gasteiger partial charge in [0.2, 0.25) is 5.88 Å². The monoisotopic (exact) mass is 274 g/mol. The van der Waals surface area contributed by atoms with E-state index in [4.69, 9.17) is 4.74 Å². The molecule has 1 aliphatic heterocycles. The summed E-state index contributed by atoms with van der Waals surface area (Å²) in [6, 6.07) is 5.88. The van der Waals surface area contributed by atoms with Crippen LogP contribution < -0.4 is 4.74 Å². The van der Waals surface area contributed by atoms with Gasteiger partial charge in [-0.1, -0.05) is 13.0 Å². The molecule has 0 N–H and O–H groups in total. The second kappa shape index (κ2) is 5.79. The van der Waals surface area contributed by atoms with E-state index in [9.17, 15) is 0 Å². The van der Waals surface area contributed by atoms with Gasteiger partial charge in [0.15, 0.2) is 5.65 Å². The Balaban J connectivity index is 1.78. The van der Waals surface area contributed by atoms with E-state index < -0.39 is 0 Å². The van der Waals surface area contributed by atoms with Gasteiger partial charge >= 0.3 is 0 Å². The molecule has 0 saturated carbocycles. The maximum atomic E-state index is 5.42. The highest BCUT2D eigenvalue weighted by Crippen LogP contribution is 2.23. The molecule has 0 radical (unpaired) electrons. The molecule has 0 aromatic carbocycles. The second-order valence-corrected chi connectivity index (χ2v) is 5.46. The Morgan fingerprint density at radius 3 is 2.75 bits per heavy atom. The van der Waals surface area contributed by atoms with E-state index in [1.54, 1.807) is 7.11 Å². The molecular weight excluding hydrogens is 252 g/mol. The van der Waals surface area contributed by atoms with Gasteiger partial charge in [-0.2, -0.15) is 0 Å². The van der Waals surface area contributed by atoms with Crippen molar-refractivity contribution in [1.29, 1.82) is 0 Å². The summed E-state index contributed by atoms with van der Waals surface area (Å²) < 4.78 is 7.46. The van der Waals surface area contributed by atoms with Crippen LogP contribution in [-0.4, -0.2) is 46.2 Å². The summed E-state index contributed by atoms with van der Waals surface area (Å²) in [4.78, 5) is 2.51. The molecule has 5 nitrogen and oxygen atoms in total. The number of likely N-dealkylation sites (tertiary alicyclic amines) is 1. The molecule has 0 amide bonds. The van der Waals surface area contributed by atoms with Gasteiger partial charge in [0, 0.05) is 6.42 Å². The van der Waals surface area contributed by atoms with Crippen LogP contribution in [0.15, 0.2) is 18.2 Å². The Hall–Kier alpha value is -1.62. The summed E-state index contributed by atoms with van der Waals surface area (Å²) in [5, 5.41) is 8.60. The minimum Gasteiger partial charge on any atom is -0.482 e. The minimum atomic E-state index is 0.704. The lowest BCUT2D eigenvalue weighted by molar-refractivity contribution is 0.190. The molecule has 0 aliphatic carbocycles. The molecule has 5 heteroatoms. The zero-order valence-electron chi connectivity index (χ0n) is 12.2. The molecular formula is C15H22N4O. The van der Waals surface area contributed by atoms with E-state index in [0.717, 1.165) is 30.3 Å². The number of methoxy groups -OCH3 is 1. The Morgan fingerprint density at radius 1 is 1.25 bits per heavy atom. The molecule has 20 heavy (non-hydrogen) atoms. The van der Waals surface area contributed by atoms with Crippen LogP contribution in [0.5, 0.6) is 5.88 Å². The van der Waals surface area contributed by atoms with Crippen LogP contribution in [0.1, 0.15) is 25.6 Å². The van der Waals surface area contributed by atoms with Gasteiger partial charge in [0.25, 0.3) is 0 Å². The minimum absolute atomic E-state index is 0.704. The van der Waals surface area contributed by atoms with Gasteiger partial charge < -0.3 is 9.64 Å². The van der Waals surface area contributed by atoms with Crippen molar-refractivity contribution in [2.75, 3.05) is 26.7 Å². The molecule has 1 fully saturated rings. The lowest BCUT2D eigenvalue weighted by Gasteiger charge is -2.30. The highest BCUT2D eigenvalue weighted by atomic mass is 16.5. The Morgan fingerprint density at radius 2 is 2.05 bits per heavy atom. The Kier molecular flexibility index (Phi) is 3.87. The maximum absolute atomic E-state index is 5.42. The number of piperidine rings is 1. The summed E-state index contributed by atoms with van der Waals surface area (Å²) in [5.41, 5.74) is 0.866. The molecule has 0 unspecified atom stereocenters. The van der Waals surface area contributed by atoms with Crippen LogP contribution >= 0.6 is 0 Å². The highest BCUT2D eigenvalue weighted by Gasteiger charge is 2.21. The van der Waals surface area contributed by atoms with E-state index >= 15 is 0 Å². The normalized spacial score (nSPS) is 17.7. The van der Waals surface area contributed by atoms with E-state index in [1.165, 1.54) is 25.9 Å². The summed E-state index contributed by atoms with van der Waals surface area (Å²) in [7, 11) is 1.69. The van der Waals surface area contributed by atoms with Gasteiger partial charge in [-0.3, -0.25) is 0 Å². The van der Waals surface area contributed by atoms with Crippen molar-refractivity contribution in [2.24, 2.45) is 5.92 Å². The third kappa shape index (κ3) is 2.50. The van der Waals surface area contributed by atoms with Gasteiger partial charge in [-0.25, -0.2) is 4.40 Å². The molecule has 0 bridgehead atoms. The van der Waals surface area contributed by atoms with Crippen LogP contribution in [0.25, 0.3) is 5.65 Å². The maximum Gasteiger partial charge on any atom is 0.200 e. The Labute approximate surface area is 119 Å². The summed E-state index contributed by atoms with van der Waals surface area (Å²) in [6.07, 6.45) is 3.48. The fourth-order valence-electron chi connectivity index (χ4n) is 3.03. The van der Waals surface area contributed by atoms with E-state index in [2.05, 4.69) is 22.0 Å². The summed E-state index contributed by atoms with van der Waals surface area (Å²) in [6.45, 7) is 5.80. The van der Waals surface area contributed by atoms with Crippen molar-refractivity contribution in [3.63, 3.8) is 0 Å². The van der Waals surface area contributed by atoms with Gasteiger partial charge in [0.1, 0.15) is 5.82 Å². The van der Waals surface area contributed by atoms with Crippen molar-refractivity contribution in [3.05, 3.63) is 24.0 Å². The molecule has 0 atom stereocenters. The number of hydrogen-bond acceptors (Lipinski definition) is 4. The first-order valence-corrected chi connectivity index (χ1v) is 7.41. The molecule has 1 aliphatic rings. The fourth-order valence-corrected chi connectivity index (χ4v) is 3.03. The standard InChI is InChI=1S/C15H22N4O/c1-3-18-9-7-12(8-10-18)11-14-17-16-13-5-4-6-15(20-2)19(13)14/h4-6,12H,3,7-11H2,1-2H3. The van der Waals surface area contributed by atoms with Crippen molar-refractivity contribution < 1.29 is 4.74 Å². The number of aromatic nitrogens is 3. The quantitative estimate of drug-likeness (QED) is 0.855. The molecule has 0 spiro atoms. The molecule has 3 heterocycles. The summed E-state index contributed by atoms with van der Waals surface area (Å²) >= 11 is 0. The first kappa shape index (κ1) is 13.4. The second-order valence-electron chi connectivity index (χ2n) is 5.46. The fraction of sp³-hybridized carbons (Fsp3) is 0.600. The van der Waals surface area contributed by atoms with Crippen LogP contribution in [0, 0.1) is 5.92 Å². The topological polar surface area (TPSA) is 42.7 Å². The van der Waals surface area contributed by atoms with Crippen LogP contribution in [0.2, 0.25) is 0 Å². The molecule has 2 aromatic heterocycles. The largest absolute Gasteiger partial charge is 0.482 e. The third-order valence-corrected chi connectivity index (χ3v) is 4.29. The molecule has 2 aromatic rings. The average Bonchev–Trinajstić information content (AvgIpc) is 2.91. The molecule has 108 valence electrons. The van der Waals surface area contributed by atoms with Crippen molar-refractivity contribution in [2.45, 2.75) is 26.2 Å². The predicted molar refractivity (Wildman–Crippen MR) is 78.1 cm³/mol. The third-order valence-electron chi connectivity index (χ3n) is 4.29. The lowest BCUT2D eigenvalue weighted by Crippen LogP contribution is -2.34. The number of rotatable bonds is 4. The van der Waals surface area contributed by atoms with Crippen LogP contribution in [-0.2, 0) is 6.42 Å². The predicted octanol–water partition coefficient (Wildman–Crippen LogP) is 2.01. The number of nitrogens with zero attached hydrogens (tertiary/aromatic N) is 4. The van der Waals surface area contributed by atoms with Crippen molar-refractivity contribution in [1.82, 2.24) is 19.5 Å². The Bertz CT molecular complexity index is 572. The highest BCUT2D eigenvalue weighted by molar-refractivity contribution is 5.42. The molecule has 1 saturated heterocycles.